The van der Waals surface area contributed by atoms with Crippen molar-refractivity contribution >= 4 is 0 Å². The van der Waals surface area contributed by atoms with Crippen molar-refractivity contribution in [3.8, 4) is 5.69 Å². The highest BCUT2D eigenvalue weighted by Crippen LogP contribution is 2.19. The van der Waals surface area contributed by atoms with E-state index in [4.69, 9.17) is 5.10 Å². The fraction of sp³-hybridized carbons (Fsp3) is 0.471. The fourth-order valence-corrected chi connectivity index (χ4v) is 2.29. The molecule has 0 radical (unpaired) electrons. The van der Waals surface area contributed by atoms with Gasteiger partial charge in [-0.15, -0.1) is 0 Å². The summed E-state index contributed by atoms with van der Waals surface area (Å²) >= 11 is 0. The fourth-order valence-electron chi connectivity index (χ4n) is 2.29. The number of aliphatic hydroxyl groups is 1. The zero-order valence-corrected chi connectivity index (χ0v) is 13.1. The molecule has 0 aliphatic rings. The lowest BCUT2D eigenvalue weighted by atomic mass is 10.1. The first-order valence-corrected chi connectivity index (χ1v) is 7.60. The standard InChI is InChI=1S/C17H25N3O/c1-13(2)17-15(11-18-10-9-14(3)21)12-20(19-17)16-7-5-4-6-8-16/h4-8,12-14,18,21H,9-11H2,1-3H3. The van der Waals surface area contributed by atoms with Crippen LogP contribution >= 0.6 is 0 Å². The average molecular weight is 287 g/mol. The molecule has 0 amide bonds. The van der Waals surface area contributed by atoms with Crippen molar-refractivity contribution < 1.29 is 5.11 Å². The smallest absolute Gasteiger partial charge is 0.0699 e. The van der Waals surface area contributed by atoms with Gasteiger partial charge in [0.05, 0.1) is 17.5 Å². The van der Waals surface area contributed by atoms with Crippen LogP contribution in [-0.4, -0.2) is 27.5 Å². The number of benzene rings is 1. The second kappa shape index (κ2) is 7.38. The third-order valence-electron chi connectivity index (χ3n) is 3.44. The normalized spacial score (nSPS) is 12.8. The van der Waals surface area contributed by atoms with Crippen molar-refractivity contribution in [2.45, 2.75) is 45.8 Å². The molecule has 0 bridgehead atoms. The number of aliphatic hydroxyl groups excluding tert-OH is 1. The van der Waals surface area contributed by atoms with Gasteiger partial charge in [0.1, 0.15) is 0 Å². The molecule has 1 aromatic heterocycles. The quantitative estimate of drug-likeness (QED) is 0.770. The van der Waals surface area contributed by atoms with Gasteiger partial charge in [0, 0.05) is 18.3 Å². The van der Waals surface area contributed by atoms with Crippen molar-refractivity contribution in [1.82, 2.24) is 15.1 Å². The molecule has 2 aromatic rings. The number of hydrogen-bond acceptors (Lipinski definition) is 3. The number of hydrogen-bond donors (Lipinski definition) is 2. The van der Waals surface area contributed by atoms with Gasteiger partial charge >= 0.3 is 0 Å². The molecule has 1 atom stereocenters. The average Bonchev–Trinajstić information content (AvgIpc) is 2.89. The monoisotopic (exact) mass is 287 g/mol. The van der Waals surface area contributed by atoms with Crippen LogP contribution in [0.3, 0.4) is 0 Å². The van der Waals surface area contributed by atoms with Crippen LogP contribution in [0.15, 0.2) is 36.5 Å². The second-order valence-corrected chi connectivity index (χ2v) is 5.79. The molecule has 4 heteroatoms. The van der Waals surface area contributed by atoms with Gasteiger partial charge in [-0.1, -0.05) is 32.0 Å². The molecule has 0 fully saturated rings. The van der Waals surface area contributed by atoms with E-state index in [0.29, 0.717) is 5.92 Å². The lowest BCUT2D eigenvalue weighted by molar-refractivity contribution is 0.183. The summed E-state index contributed by atoms with van der Waals surface area (Å²) in [5.41, 5.74) is 3.43. The first kappa shape index (κ1) is 15.7. The first-order chi connectivity index (χ1) is 10.1. The molecule has 4 nitrogen and oxygen atoms in total. The molecule has 114 valence electrons. The van der Waals surface area contributed by atoms with Crippen LogP contribution in [0, 0.1) is 0 Å². The summed E-state index contributed by atoms with van der Waals surface area (Å²) in [5, 5.41) is 17.4. The summed E-state index contributed by atoms with van der Waals surface area (Å²) in [4.78, 5) is 0. The van der Waals surface area contributed by atoms with E-state index in [1.54, 1.807) is 0 Å². The maximum absolute atomic E-state index is 9.29. The van der Waals surface area contributed by atoms with Crippen LogP contribution in [0.25, 0.3) is 5.69 Å². The van der Waals surface area contributed by atoms with Gasteiger partial charge in [-0.3, -0.25) is 0 Å². The molecule has 0 aliphatic carbocycles. The highest BCUT2D eigenvalue weighted by Gasteiger charge is 2.13. The van der Waals surface area contributed by atoms with E-state index < -0.39 is 0 Å². The third-order valence-corrected chi connectivity index (χ3v) is 3.44. The number of para-hydroxylation sites is 1. The van der Waals surface area contributed by atoms with Crippen molar-refractivity contribution in [3.63, 3.8) is 0 Å². The van der Waals surface area contributed by atoms with Crippen molar-refractivity contribution in [1.29, 1.82) is 0 Å². The summed E-state index contributed by atoms with van der Waals surface area (Å²) in [6, 6.07) is 10.2. The van der Waals surface area contributed by atoms with E-state index in [-0.39, 0.29) is 6.10 Å². The summed E-state index contributed by atoms with van der Waals surface area (Å²) in [6.45, 7) is 7.74. The Balaban J connectivity index is 2.11. The largest absolute Gasteiger partial charge is 0.393 e. The molecule has 2 rings (SSSR count). The summed E-state index contributed by atoms with van der Waals surface area (Å²) < 4.78 is 1.95. The summed E-state index contributed by atoms with van der Waals surface area (Å²) in [7, 11) is 0. The zero-order chi connectivity index (χ0) is 15.2. The Morgan fingerprint density at radius 2 is 1.90 bits per heavy atom. The van der Waals surface area contributed by atoms with E-state index in [2.05, 4.69) is 37.5 Å². The topological polar surface area (TPSA) is 50.1 Å². The van der Waals surface area contributed by atoms with Crippen LogP contribution in [0.1, 0.15) is 44.4 Å². The highest BCUT2D eigenvalue weighted by molar-refractivity contribution is 5.33. The van der Waals surface area contributed by atoms with Crippen molar-refractivity contribution in [2.75, 3.05) is 6.54 Å². The number of rotatable bonds is 7. The van der Waals surface area contributed by atoms with E-state index in [1.165, 1.54) is 5.56 Å². The van der Waals surface area contributed by atoms with Gasteiger partial charge in [-0.25, -0.2) is 4.68 Å². The minimum absolute atomic E-state index is 0.255. The Morgan fingerprint density at radius 1 is 1.19 bits per heavy atom. The van der Waals surface area contributed by atoms with Crippen LogP contribution in [0.4, 0.5) is 0 Å². The molecule has 0 aliphatic heterocycles. The van der Waals surface area contributed by atoms with E-state index in [0.717, 1.165) is 30.9 Å². The Kier molecular flexibility index (Phi) is 5.53. The predicted molar refractivity (Wildman–Crippen MR) is 85.7 cm³/mol. The lowest BCUT2D eigenvalue weighted by Gasteiger charge is -2.07. The van der Waals surface area contributed by atoms with Gasteiger partial charge in [-0.2, -0.15) is 5.10 Å². The van der Waals surface area contributed by atoms with E-state index in [9.17, 15) is 5.11 Å². The number of aromatic nitrogens is 2. The predicted octanol–water partition coefficient (Wildman–Crippen LogP) is 2.86. The zero-order valence-electron chi connectivity index (χ0n) is 13.1. The van der Waals surface area contributed by atoms with Crippen molar-refractivity contribution in [3.05, 3.63) is 47.8 Å². The Morgan fingerprint density at radius 3 is 2.52 bits per heavy atom. The highest BCUT2D eigenvalue weighted by atomic mass is 16.3. The van der Waals surface area contributed by atoms with Gasteiger partial charge in [-0.05, 0) is 37.9 Å². The van der Waals surface area contributed by atoms with Crippen LogP contribution in [0.2, 0.25) is 0 Å². The third kappa shape index (κ3) is 4.41. The molecule has 0 spiro atoms. The van der Waals surface area contributed by atoms with Crippen LogP contribution in [0.5, 0.6) is 0 Å². The van der Waals surface area contributed by atoms with Crippen molar-refractivity contribution in [2.24, 2.45) is 0 Å². The van der Waals surface area contributed by atoms with E-state index >= 15 is 0 Å². The first-order valence-electron chi connectivity index (χ1n) is 7.60. The molecule has 0 saturated carbocycles. The molecule has 1 aromatic carbocycles. The van der Waals surface area contributed by atoms with Crippen LogP contribution in [-0.2, 0) is 6.54 Å². The number of nitrogens with zero attached hydrogens (tertiary/aromatic N) is 2. The summed E-state index contributed by atoms with van der Waals surface area (Å²) in [6.07, 6.45) is 2.61. The minimum Gasteiger partial charge on any atom is -0.393 e. The number of nitrogens with one attached hydrogen (secondary N) is 1. The molecule has 1 unspecified atom stereocenters. The SMILES string of the molecule is CC(O)CCNCc1cn(-c2ccccc2)nc1C(C)C. The van der Waals surface area contributed by atoms with Gasteiger partial charge in [0.2, 0.25) is 0 Å². The summed E-state index contributed by atoms with van der Waals surface area (Å²) in [5.74, 6) is 0.392. The molecule has 0 saturated heterocycles. The van der Waals surface area contributed by atoms with E-state index in [1.807, 2.05) is 29.8 Å². The molecule has 1 heterocycles. The maximum atomic E-state index is 9.29. The second-order valence-electron chi connectivity index (χ2n) is 5.79. The molecule has 21 heavy (non-hydrogen) atoms. The Hall–Kier alpha value is -1.65. The Labute approximate surface area is 126 Å². The molecular weight excluding hydrogens is 262 g/mol. The van der Waals surface area contributed by atoms with Gasteiger partial charge in [0.15, 0.2) is 0 Å². The molecule has 2 N–H and O–H groups in total. The maximum Gasteiger partial charge on any atom is 0.0699 e. The molecular formula is C17H25N3O. The minimum atomic E-state index is -0.255. The van der Waals surface area contributed by atoms with Crippen LogP contribution < -0.4 is 5.32 Å². The lowest BCUT2D eigenvalue weighted by Crippen LogP contribution is -2.19. The van der Waals surface area contributed by atoms with Gasteiger partial charge in [0.25, 0.3) is 0 Å². The Bertz CT molecular complexity index is 546. The van der Waals surface area contributed by atoms with Gasteiger partial charge < -0.3 is 10.4 Å².